The lowest BCUT2D eigenvalue weighted by atomic mass is 10.2. The molecule has 7 heteroatoms. The van der Waals surface area contributed by atoms with E-state index in [1.165, 1.54) is 6.07 Å². The Kier molecular flexibility index (Phi) is 5.11. The number of rotatable bonds is 3. The number of amides is 2. The zero-order valence-electron chi connectivity index (χ0n) is 15.0. The molecule has 1 fully saturated rings. The summed E-state index contributed by atoms with van der Waals surface area (Å²) in [5, 5.41) is 2.91. The molecule has 27 heavy (non-hydrogen) atoms. The van der Waals surface area contributed by atoms with Crippen molar-refractivity contribution in [2.75, 3.05) is 44.7 Å². The summed E-state index contributed by atoms with van der Waals surface area (Å²) in [4.78, 5) is 16.5. The average Bonchev–Trinajstić information content (AvgIpc) is 2.70. The monoisotopic (exact) mass is 371 g/mol. The maximum atomic E-state index is 13.8. The van der Waals surface area contributed by atoms with Crippen LogP contribution in [0.15, 0.2) is 42.5 Å². The first-order valence-electron chi connectivity index (χ1n) is 9.10. The summed E-state index contributed by atoms with van der Waals surface area (Å²) in [5.41, 5.74) is 1.37. The van der Waals surface area contributed by atoms with Gasteiger partial charge in [-0.05, 0) is 18.2 Å². The maximum Gasteiger partial charge on any atom is 0.321 e. The number of ether oxygens (including phenoxy) is 2. The SMILES string of the molecule is O=C(Nc1ccc2c(c1)OCCO2)N1CCN(Cc2ccccc2F)CC1. The fourth-order valence-corrected chi connectivity index (χ4v) is 3.30. The van der Waals surface area contributed by atoms with Crippen LogP contribution in [0.5, 0.6) is 11.5 Å². The summed E-state index contributed by atoms with van der Waals surface area (Å²) in [6, 6.07) is 12.1. The first kappa shape index (κ1) is 17.6. The number of piperazine rings is 1. The molecule has 0 atom stereocenters. The molecule has 6 nitrogen and oxygen atoms in total. The minimum absolute atomic E-state index is 0.141. The molecular formula is C20H22FN3O3. The largest absolute Gasteiger partial charge is 0.486 e. The van der Waals surface area contributed by atoms with Crippen molar-refractivity contribution in [2.24, 2.45) is 0 Å². The summed E-state index contributed by atoms with van der Waals surface area (Å²) in [5.74, 6) is 1.16. The van der Waals surface area contributed by atoms with E-state index in [0.717, 1.165) is 0 Å². The van der Waals surface area contributed by atoms with Gasteiger partial charge in [0.2, 0.25) is 0 Å². The quantitative estimate of drug-likeness (QED) is 0.901. The third-order valence-electron chi connectivity index (χ3n) is 4.80. The van der Waals surface area contributed by atoms with E-state index >= 15 is 0 Å². The molecule has 2 heterocycles. The molecule has 142 valence electrons. The fourth-order valence-electron chi connectivity index (χ4n) is 3.30. The Hall–Kier alpha value is -2.80. The third-order valence-corrected chi connectivity index (χ3v) is 4.80. The summed E-state index contributed by atoms with van der Waals surface area (Å²) in [6.45, 7) is 4.23. The second-order valence-electron chi connectivity index (χ2n) is 6.64. The number of benzene rings is 2. The van der Waals surface area contributed by atoms with E-state index in [1.807, 2.05) is 6.07 Å². The van der Waals surface area contributed by atoms with E-state index < -0.39 is 0 Å². The predicted molar refractivity (Wildman–Crippen MR) is 99.7 cm³/mol. The van der Waals surface area contributed by atoms with Crippen molar-refractivity contribution >= 4 is 11.7 Å². The van der Waals surface area contributed by atoms with Crippen molar-refractivity contribution in [3.05, 3.63) is 53.8 Å². The van der Waals surface area contributed by atoms with Gasteiger partial charge in [-0.1, -0.05) is 18.2 Å². The second kappa shape index (κ2) is 7.84. The number of urea groups is 1. The average molecular weight is 371 g/mol. The lowest BCUT2D eigenvalue weighted by Gasteiger charge is -2.34. The van der Waals surface area contributed by atoms with Gasteiger partial charge in [0.15, 0.2) is 11.5 Å². The van der Waals surface area contributed by atoms with Gasteiger partial charge in [-0.15, -0.1) is 0 Å². The summed E-state index contributed by atoms with van der Waals surface area (Å²) < 4.78 is 24.8. The third kappa shape index (κ3) is 4.14. The number of nitrogens with zero attached hydrogens (tertiary/aromatic N) is 2. The summed E-state index contributed by atoms with van der Waals surface area (Å²) >= 11 is 0. The second-order valence-corrected chi connectivity index (χ2v) is 6.64. The van der Waals surface area contributed by atoms with Crippen LogP contribution in [0.2, 0.25) is 0 Å². The van der Waals surface area contributed by atoms with Crippen LogP contribution in [0, 0.1) is 5.82 Å². The molecule has 0 saturated carbocycles. The van der Waals surface area contributed by atoms with Gasteiger partial charge in [0, 0.05) is 50.0 Å². The zero-order valence-corrected chi connectivity index (χ0v) is 15.0. The van der Waals surface area contributed by atoms with Gasteiger partial charge < -0.3 is 19.7 Å². The predicted octanol–water partition coefficient (Wildman–Crippen LogP) is 2.95. The van der Waals surface area contributed by atoms with E-state index in [9.17, 15) is 9.18 Å². The molecule has 1 saturated heterocycles. The molecule has 2 aromatic carbocycles. The molecule has 2 amide bonds. The van der Waals surface area contributed by atoms with Crippen LogP contribution >= 0.6 is 0 Å². The number of fused-ring (bicyclic) bond motifs is 1. The summed E-state index contributed by atoms with van der Waals surface area (Å²) in [7, 11) is 0. The molecule has 0 unspecified atom stereocenters. The minimum Gasteiger partial charge on any atom is -0.486 e. The number of carbonyl (C=O) groups excluding carboxylic acids is 1. The van der Waals surface area contributed by atoms with Crippen LogP contribution in [0.25, 0.3) is 0 Å². The number of nitrogens with one attached hydrogen (secondary N) is 1. The molecule has 0 aromatic heterocycles. The van der Waals surface area contributed by atoms with Gasteiger partial charge in [0.1, 0.15) is 19.0 Å². The highest BCUT2D eigenvalue weighted by Crippen LogP contribution is 2.32. The van der Waals surface area contributed by atoms with Crippen LogP contribution in [0.4, 0.5) is 14.9 Å². The highest BCUT2D eigenvalue weighted by molar-refractivity contribution is 5.89. The van der Waals surface area contributed by atoms with Crippen molar-refractivity contribution in [1.29, 1.82) is 0 Å². The summed E-state index contributed by atoms with van der Waals surface area (Å²) in [6.07, 6.45) is 0. The fraction of sp³-hybridized carbons (Fsp3) is 0.350. The topological polar surface area (TPSA) is 54.0 Å². The van der Waals surface area contributed by atoms with E-state index in [1.54, 1.807) is 35.2 Å². The van der Waals surface area contributed by atoms with Gasteiger partial charge in [0.05, 0.1) is 0 Å². The van der Waals surface area contributed by atoms with Crippen molar-refractivity contribution in [3.8, 4) is 11.5 Å². The molecule has 4 rings (SSSR count). The Morgan fingerprint density at radius 1 is 1.00 bits per heavy atom. The smallest absolute Gasteiger partial charge is 0.321 e. The number of anilines is 1. The zero-order chi connectivity index (χ0) is 18.6. The maximum absolute atomic E-state index is 13.8. The normalized spacial score (nSPS) is 16.9. The van der Waals surface area contributed by atoms with E-state index in [2.05, 4.69) is 10.2 Å². The van der Waals surface area contributed by atoms with Gasteiger partial charge in [-0.25, -0.2) is 9.18 Å². The number of halogens is 1. The molecule has 0 bridgehead atoms. The molecule has 2 aliphatic heterocycles. The van der Waals surface area contributed by atoms with Crippen LogP contribution in [0.3, 0.4) is 0 Å². The van der Waals surface area contributed by atoms with Crippen molar-refractivity contribution in [3.63, 3.8) is 0 Å². The highest BCUT2D eigenvalue weighted by atomic mass is 19.1. The van der Waals surface area contributed by atoms with Gasteiger partial charge in [-0.2, -0.15) is 0 Å². The number of hydrogen-bond acceptors (Lipinski definition) is 4. The van der Waals surface area contributed by atoms with Crippen molar-refractivity contribution in [2.45, 2.75) is 6.54 Å². The van der Waals surface area contributed by atoms with E-state index in [-0.39, 0.29) is 11.8 Å². The van der Waals surface area contributed by atoms with E-state index in [0.29, 0.717) is 68.7 Å². The molecule has 2 aromatic rings. The highest BCUT2D eigenvalue weighted by Gasteiger charge is 2.22. The Balaban J connectivity index is 1.30. The first-order valence-corrected chi connectivity index (χ1v) is 9.10. The van der Waals surface area contributed by atoms with Crippen LogP contribution in [0.1, 0.15) is 5.56 Å². The lowest BCUT2D eigenvalue weighted by Crippen LogP contribution is -2.49. The molecular weight excluding hydrogens is 349 g/mol. The molecule has 0 spiro atoms. The molecule has 1 N–H and O–H groups in total. The number of hydrogen-bond donors (Lipinski definition) is 1. The molecule has 2 aliphatic rings. The van der Waals surface area contributed by atoms with Crippen molar-refractivity contribution in [1.82, 2.24) is 9.80 Å². The Morgan fingerprint density at radius 3 is 2.52 bits per heavy atom. The Bertz CT molecular complexity index is 822. The Labute approximate surface area is 157 Å². The minimum atomic E-state index is -0.184. The van der Waals surface area contributed by atoms with Gasteiger partial charge in [0.25, 0.3) is 0 Å². The lowest BCUT2D eigenvalue weighted by molar-refractivity contribution is 0.142. The van der Waals surface area contributed by atoms with Crippen LogP contribution in [-0.4, -0.2) is 55.2 Å². The van der Waals surface area contributed by atoms with Gasteiger partial charge in [-0.3, -0.25) is 4.90 Å². The molecule has 0 radical (unpaired) electrons. The van der Waals surface area contributed by atoms with Gasteiger partial charge >= 0.3 is 6.03 Å². The van der Waals surface area contributed by atoms with E-state index in [4.69, 9.17) is 9.47 Å². The first-order chi connectivity index (χ1) is 13.2. The van der Waals surface area contributed by atoms with Crippen LogP contribution in [-0.2, 0) is 6.54 Å². The molecule has 0 aliphatic carbocycles. The Morgan fingerprint density at radius 2 is 1.74 bits per heavy atom. The van der Waals surface area contributed by atoms with Crippen molar-refractivity contribution < 1.29 is 18.7 Å². The number of carbonyl (C=O) groups is 1. The van der Waals surface area contributed by atoms with Crippen LogP contribution < -0.4 is 14.8 Å². The standard InChI is InChI=1S/C20H22FN3O3/c21-17-4-2-1-3-15(17)14-23-7-9-24(10-8-23)20(25)22-16-5-6-18-19(13-16)27-12-11-26-18/h1-6,13H,7-12,14H2,(H,22,25).